The number of sulfone groups is 2. The van der Waals surface area contributed by atoms with E-state index in [9.17, 15) is 16.8 Å². The van der Waals surface area contributed by atoms with Crippen LogP contribution >= 0.6 is 0 Å². The van der Waals surface area contributed by atoms with Gasteiger partial charge in [0, 0.05) is 12.0 Å². The van der Waals surface area contributed by atoms with Crippen LogP contribution in [0.2, 0.25) is 0 Å². The molecule has 100 valence electrons. The van der Waals surface area contributed by atoms with Gasteiger partial charge in [0.15, 0.2) is 19.7 Å². The van der Waals surface area contributed by atoms with Crippen molar-refractivity contribution >= 4 is 19.7 Å². The summed E-state index contributed by atoms with van der Waals surface area (Å²) in [7, 11) is -5.58. The van der Waals surface area contributed by atoms with Crippen molar-refractivity contribution in [2.75, 3.05) is 12.0 Å². The van der Waals surface area contributed by atoms with E-state index in [1.807, 2.05) is 0 Å². The Bertz CT molecular complexity index is 371. The molecule has 0 bridgehead atoms. The van der Waals surface area contributed by atoms with Gasteiger partial charge in [0.1, 0.15) is 0 Å². The maximum atomic E-state index is 10.7. The van der Waals surface area contributed by atoms with Crippen molar-refractivity contribution in [3.05, 3.63) is 0 Å². The van der Waals surface area contributed by atoms with Crippen molar-refractivity contribution in [2.24, 2.45) is 0 Å². The fraction of sp³-hybridized carbons (Fsp3) is 1.00. The fourth-order valence-electron chi connectivity index (χ4n) is 0.333. The summed E-state index contributed by atoms with van der Waals surface area (Å²) < 4.78 is 42.1. The maximum absolute atomic E-state index is 10.7. The average molecular weight is 272 g/mol. The van der Waals surface area contributed by atoms with Crippen LogP contribution in [0.1, 0.15) is 41.5 Å². The summed E-state index contributed by atoms with van der Waals surface area (Å²) in [6.45, 7) is 10.1. The predicted octanol–water partition coefficient (Wildman–Crippen LogP) is 1.66. The lowest BCUT2D eigenvalue weighted by Crippen LogP contribution is -2.26. The Labute approximate surface area is 100 Å². The van der Waals surface area contributed by atoms with Gasteiger partial charge >= 0.3 is 0 Å². The molecule has 0 aliphatic carbocycles. The molecule has 0 aromatic carbocycles. The highest BCUT2D eigenvalue weighted by atomic mass is 32.2. The molecule has 0 aliphatic heterocycles. The normalized spacial score (nSPS) is 13.2. The van der Waals surface area contributed by atoms with Gasteiger partial charge in [-0.15, -0.1) is 0 Å². The van der Waals surface area contributed by atoms with Gasteiger partial charge in [0.05, 0.1) is 10.00 Å². The third-order valence-corrected chi connectivity index (χ3v) is 6.70. The van der Waals surface area contributed by atoms with E-state index in [-0.39, 0.29) is 11.0 Å². The van der Waals surface area contributed by atoms with Crippen LogP contribution in [0.15, 0.2) is 0 Å². The van der Waals surface area contributed by atoms with Crippen molar-refractivity contribution in [3.63, 3.8) is 0 Å². The van der Waals surface area contributed by atoms with Crippen LogP contribution in [0.3, 0.4) is 0 Å². The second-order valence-corrected chi connectivity index (χ2v) is 10.5. The second-order valence-electron chi connectivity index (χ2n) is 4.88. The molecule has 0 amide bonds. The van der Waals surface area contributed by atoms with Crippen molar-refractivity contribution in [1.29, 1.82) is 0 Å². The van der Waals surface area contributed by atoms with E-state index < -0.39 is 24.4 Å². The zero-order chi connectivity index (χ0) is 13.8. The van der Waals surface area contributed by atoms with Gasteiger partial charge in [0.25, 0.3) is 0 Å². The van der Waals surface area contributed by atoms with Crippen LogP contribution in [-0.2, 0) is 19.7 Å². The molecule has 0 atom stereocenters. The molecule has 0 aromatic heterocycles. The molecule has 4 nitrogen and oxygen atoms in total. The zero-order valence-electron chi connectivity index (χ0n) is 11.2. The molecule has 0 radical (unpaired) electrons. The number of rotatable bonds is 2. The smallest absolute Gasteiger partial charge is 0.152 e. The molecule has 0 fully saturated rings. The van der Waals surface area contributed by atoms with Crippen molar-refractivity contribution in [1.82, 2.24) is 0 Å². The lowest BCUT2D eigenvalue weighted by atomic mass is 10.3. The third kappa shape index (κ3) is 7.22. The third-order valence-electron chi connectivity index (χ3n) is 2.23. The molecular formula is C10H24O4S2. The average Bonchev–Trinajstić information content (AvgIpc) is 2.01. The topological polar surface area (TPSA) is 68.3 Å². The highest BCUT2D eigenvalue weighted by molar-refractivity contribution is 7.92. The molecule has 0 saturated heterocycles. The molecule has 0 spiro atoms. The van der Waals surface area contributed by atoms with E-state index in [0.29, 0.717) is 0 Å². The highest BCUT2D eigenvalue weighted by Crippen LogP contribution is 2.11. The highest BCUT2D eigenvalue weighted by Gasteiger charge is 2.22. The van der Waals surface area contributed by atoms with Crippen molar-refractivity contribution < 1.29 is 16.8 Å². The van der Waals surface area contributed by atoms with Gasteiger partial charge in [-0.25, -0.2) is 16.8 Å². The first kappa shape index (κ1) is 18.3. The Hall–Kier alpha value is -0.100. The molecule has 0 unspecified atom stereocenters. The first-order chi connectivity index (χ1) is 6.75. The summed E-state index contributed by atoms with van der Waals surface area (Å²) in [6.07, 6.45) is 1.24. The summed E-state index contributed by atoms with van der Waals surface area (Å²) in [6, 6.07) is 0. The number of hydrogen-bond donors (Lipinski definition) is 0. The van der Waals surface area contributed by atoms with Crippen LogP contribution in [0.4, 0.5) is 0 Å². The minimum Gasteiger partial charge on any atom is -0.229 e. The van der Waals surface area contributed by atoms with E-state index >= 15 is 0 Å². The van der Waals surface area contributed by atoms with E-state index in [2.05, 4.69) is 0 Å². The minimum atomic E-state index is -2.84. The van der Waals surface area contributed by atoms with Crippen molar-refractivity contribution in [2.45, 2.75) is 51.5 Å². The Morgan fingerprint density at radius 1 is 1.00 bits per heavy atom. The molecule has 0 heterocycles. The lowest BCUT2D eigenvalue weighted by Gasteiger charge is -2.14. The Kier molecular flexibility index (Phi) is 6.85. The monoisotopic (exact) mass is 272 g/mol. The Morgan fingerprint density at radius 3 is 1.25 bits per heavy atom. The summed E-state index contributed by atoms with van der Waals surface area (Å²) in [5, 5.41) is -0.215. The minimum absolute atomic E-state index is 0.215. The van der Waals surface area contributed by atoms with Gasteiger partial charge in [-0.05, 0) is 34.6 Å². The van der Waals surface area contributed by atoms with Crippen LogP contribution in [-0.4, -0.2) is 38.8 Å². The summed E-state index contributed by atoms with van der Waals surface area (Å²) in [4.78, 5) is 0. The predicted molar refractivity (Wildman–Crippen MR) is 69.2 cm³/mol. The zero-order valence-corrected chi connectivity index (χ0v) is 12.9. The van der Waals surface area contributed by atoms with Gasteiger partial charge < -0.3 is 0 Å². The molecular weight excluding hydrogens is 248 g/mol. The molecule has 0 aromatic rings. The van der Waals surface area contributed by atoms with Gasteiger partial charge in [-0.2, -0.15) is 0 Å². The second kappa shape index (κ2) is 6.00. The summed E-state index contributed by atoms with van der Waals surface area (Å²) >= 11 is 0. The molecule has 0 rings (SSSR count). The quantitative estimate of drug-likeness (QED) is 0.766. The van der Waals surface area contributed by atoms with Crippen LogP contribution in [0, 0.1) is 0 Å². The Morgan fingerprint density at radius 2 is 1.25 bits per heavy atom. The fourth-order valence-corrected chi connectivity index (χ4v) is 1.00. The Balaban J connectivity index is 0. The van der Waals surface area contributed by atoms with Crippen LogP contribution < -0.4 is 0 Å². The van der Waals surface area contributed by atoms with E-state index in [4.69, 9.17) is 0 Å². The molecule has 16 heavy (non-hydrogen) atoms. The van der Waals surface area contributed by atoms with Crippen LogP contribution in [0.5, 0.6) is 0 Å². The maximum Gasteiger partial charge on any atom is 0.152 e. The largest absolute Gasteiger partial charge is 0.229 e. The first-order valence-corrected chi connectivity index (χ1v) is 8.77. The first-order valence-electron chi connectivity index (χ1n) is 5.17. The summed E-state index contributed by atoms with van der Waals surface area (Å²) in [5.41, 5.74) is 0. The van der Waals surface area contributed by atoms with Crippen molar-refractivity contribution in [3.8, 4) is 0 Å². The summed E-state index contributed by atoms with van der Waals surface area (Å²) in [5.74, 6) is 0.255. The van der Waals surface area contributed by atoms with E-state index in [1.165, 1.54) is 6.26 Å². The molecule has 0 aliphatic rings. The van der Waals surface area contributed by atoms with Gasteiger partial charge in [0.2, 0.25) is 0 Å². The van der Waals surface area contributed by atoms with Gasteiger partial charge in [-0.1, -0.05) is 6.92 Å². The molecule has 0 saturated carbocycles. The molecule has 0 N–H and O–H groups in total. The lowest BCUT2D eigenvalue weighted by molar-refractivity contribution is 0.566. The van der Waals surface area contributed by atoms with Crippen LogP contribution in [0.25, 0.3) is 0 Å². The standard InChI is InChI=1S/2C5H12O2S/c1-5(2,3)8(4,6)7;1-4-8(6,7)5(2)3/h1-4H3;5H,4H2,1-3H3. The van der Waals surface area contributed by atoms with E-state index in [0.717, 1.165) is 0 Å². The number of hydrogen-bond acceptors (Lipinski definition) is 4. The van der Waals surface area contributed by atoms with E-state index in [1.54, 1.807) is 41.5 Å². The SMILES string of the molecule is CC(C)(C)S(C)(=O)=O.CCS(=O)(=O)C(C)C. The molecule has 6 heteroatoms. The van der Waals surface area contributed by atoms with Gasteiger partial charge in [-0.3, -0.25) is 0 Å².